The van der Waals surface area contributed by atoms with Crippen molar-refractivity contribution in [3.8, 4) is 0 Å². The van der Waals surface area contributed by atoms with Gasteiger partial charge in [-0.3, -0.25) is 4.68 Å². The Kier molecular flexibility index (Phi) is 3.52. The molecule has 1 heterocycles. The summed E-state index contributed by atoms with van der Waals surface area (Å²) in [7, 11) is 1.88. The SMILES string of the molecule is Cn1ncnc1CC(O)C1CCCCC1(C)C. The van der Waals surface area contributed by atoms with Crippen molar-refractivity contribution in [1.82, 2.24) is 14.8 Å². The Balaban J connectivity index is 2.04. The van der Waals surface area contributed by atoms with Crippen molar-refractivity contribution in [2.45, 2.75) is 52.1 Å². The first-order chi connectivity index (χ1) is 8.00. The van der Waals surface area contributed by atoms with E-state index in [-0.39, 0.29) is 11.5 Å². The first kappa shape index (κ1) is 12.6. The maximum absolute atomic E-state index is 10.4. The molecule has 1 saturated carbocycles. The van der Waals surface area contributed by atoms with Crippen LogP contribution in [0.3, 0.4) is 0 Å². The Morgan fingerprint density at radius 1 is 1.53 bits per heavy atom. The van der Waals surface area contributed by atoms with Crippen LogP contribution in [0.1, 0.15) is 45.4 Å². The van der Waals surface area contributed by atoms with Crippen molar-refractivity contribution in [2.24, 2.45) is 18.4 Å². The van der Waals surface area contributed by atoms with Gasteiger partial charge in [-0.1, -0.05) is 26.7 Å². The van der Waals surface area contributed by atoms with Gasteiger partial charge in [0.15, 0.2) is 0 Å². The van der Waals surface area contributed by atoms with Crippen molar-refractivity contribution < 1.29 is 5.11 Å². The molecule has 2 atom stereocenters. The second-order valence-electron chi connectivity index (χ2n) is 5.91. The van der Waals surface area contributed by atoms with Crippen LogP contribution in [0.5, 0.6) is 0 Å². The van der Waals surface area contributed by atoms with Crippen molar-refractivity contribution in [3.63, 3.8) is 0 Å². The van der Waals surface area contributed by atoms with E-state index in [1.807, 2.05) is 7.05 Å². The Bertz CT molecular complexity index is 372. The average molecular weight is 237 g/mol. The number of aromatic nitrogens is 3. The minimum atomic E-state index is -0.298. The monoisotopic (exact) mass is 237 g/mol. The summed E-state index contributed by atoms with van der Waals surface area (Å²) in [6, 6.07) is 0. The molecule has 0 saturated heterocycles. The molecule has 0 aromatic carbocycles. The second-order valence-corrected chi connectivity index (χ2v) is 5.91. The number of hydrogen-bond acceptors (Lipinski definition) is 3. The quantitative estimate of drug-likeness (QED) is 0.874. The molecule has 1 aromatic heterocycles. The van der Waals surface area contributed by atoms with Gasteiger partial charge in [0.1, 0.15) is 12.2 Å². The van der Waals surface area contributed by atoms with E-state index in [0.717, 1.165) is 12.2 Å². The van der Waals surface area contributed by atoms with Gasteiger partial charge in [0.2, 0.25) is 0 Å². The van der Waals surface area contributed by atoms with Crippen LogP contribution in [0.15, 0.2) is 6.33 Å². The number of hydrogen-bond donors (Lipinski definition) is 1. The van der Waals surface area contributed by atoms with Crippen molar-refractivity contribution >= 4 is 0 Å². The summed E-state index contributed by atoms with van der Waals surface area (Å²) in [6.07, 6.45) is 6.75. The molecule has 1 aliphatic carbocycles. The Morgan fingerprint density at radius 2 is 2.29 bits per heavy atom. The number of aryl methyl sites for hydroxylation is 1. The van der Waals surface area contributed by atoms with Gasteiger partial charge in [0.05, 0.1) is 6.10 Å². The Hall–Kier alpha value is -0.900. The summed E-state index contributed by atoms with van der Waals surface area (Å²) < 4.78 is 1.75. The lowest BCUT2D eigenvalue weighted by Gasteiger charge is -2.41. The fourth-order valence-corrected chi connectivity index (χ4v) is 3.07. The maximum Gasteiger partial charge on any atom is 0.138 e. The first-order valence-corrected chi connectivity index (χ1v) is 6.51. The van der Waals surface area contributed by atoms with Crippen molar-refractivity contribution in [3.05, 3.63) is 12.2 Å². The summed E-state index contributed by atoms with van der Waals surface area (Å²) in [4.78, 5) is 4.19. The lowest BCUT2D eigenvalue weighted by atomic mass is 9.66. The molecular formula is C13H23N3O. The van der Waals surface area contributed by atoms with Crippen LogP contribution in [-0.2, 0) is 13.5 Å². The highest BCUT2D eigenvalue weighted by molar-refractivity contribution is 4.93. The molecule has 1 N–H and O–H groups in total. The van der Waals surface area contributed by atoms with Crippen LogP contribution in [0, 0.1) is 11.3 Å². The van der Waals surface area contributed by atoms with Gasteiger partial charge in [-0.15, -0.1) is 0 Å². The number of aliphatic hydroxyl groups is 1. The van der Waals surface area contributed by atoms with Gasteiger partial charge in [0, 0.05) is 13.5 Å². The van der Waals surface area contributed by atoms with E-state index >= 15 is 0 Å². The van der Waals surface area contributed by atoms with Gasteiger partial charge >= 0.3 is 0 Å². The highest BCUT2D eigenvalue weighted by Crippen LogP contribution is 2.42. The molecule has 4 heteroatoms. The molecule has 0 spiro atoms. The molecular weight excluding hydrogens is 214 g/mol. The molecule has 0 aliphatic heterocycles. The molecule has 2 rings (SSSR count). The van der Waals surface area contributed by atoms with Gasteiger partial charge in [-0.25, -0.2) is 4.98 Å². The minimum Gasteiger partial charge on any atom is -0.392 e. The Labute approximate surface area is 103 Å². The van der Waals surface area contributed by atoms with Gasteiger partial charge in [-0.05, 0) is 24.2 Å². The summed E-state index contributed by atoms with van der Waals surface area (Å²) in [5.74, 6) is 1.26. The molecule has 17 heavy (non-hydrogen) atoms. The molecule has 1 aliphatic rings. The first-order valence-electron chi connectivity index (χ1n) is 6.51. The fraction of sp³-hybridized carbons (Fsp3) is 0.846. The highest BCUT2D eigenvalue weighted by Gasteiger charge is 2.37. The minimum absolute atomic E-state index is 0.246. The Morgan fingerprint density at radius 3 is 2.88 bits per heavy atom. The topological polar surface area (TPSA) is 50.9 Å². The predicted molar refractivity (Wildman–Crippen MR) is 66.5 cm³/mol. The molecule has 2 unspecified atom stereocenters. The van der Waals surface area contributed by atoms with E-state index in [0.29, 0.717) is 12.3 Å². The third-order valence-corrected chi connectivity index (χ3v) is 4.25. The number of nitrogens with zero attached hydrogens (tertiary/aromatic N) is 3. The van der Waals surface area contributed by atoms with E-state index in [1.54, 1.807) is 11.0 Å². The molecule has 0 amide bonds. The van der Waals surface area contributed by atoms with Crippen LogP contribution in [0.2, 0.25) is 0 Å². The fourth-order valence-electron chi connectivity index (χ4n) is 3.07. The van der Waals surface area contributed by atoms with Crippen LogP contribution in [-0.4, -0.2) is 26.0 Å². The predicted octanol–water partition coefficient (Wildman–Crippen LogP) is 1.93. The van der Waals surface area contributed by atoms with E-state index in [1.165, 1.54) is 19.3 Å². The van der Waals surface area contributed by atoms with E-state index in [2.05, 4.69) is 23.9 Å². The van der Waals surface area contributed by atoms with E-state index < -0.39 is 0 Å². The lowest BCUT2D eigenvalue weighted by Crippen LogP contribution is -2.38. The summed E-state index contributed by atoms with van der Waals surface area (Å²) in [6.45, 7) is 4.55. The normalized spacial score (nSPS) is 25.8. The summed E-state index contributed by atoms with van der Waals surface area (Å²) >= 11 is 0. The molecule has 1 aromatic rings. The largest absolute Gasteiger partial charge is 0.392 e. The number of rotatable bonds is 3. The lowest BCUT2D eigenvalue weighted by molar-refractivity contribution is 0.00435. The number of aliphatic hydroxyl groups excluding tert-OH is 1. The molecule has 0 bridgehead atoms. The highest BCUT2D eigenvalue weighted by atomic mass is 16.3. The van der Waals surface area contributed by atoms with Crippen LogP contribution < -0.4 is 0 Å². The van der Waals surface area contributed by atoms with Gasteiger partial charge in [-0.2, -0.15) is 5.10 Å². The van der Waals surface area contributed by atoms with Crippen molar-refractivity contribution in [1.29, 1.82) is 0 Å². The van der Waals surface area contributed by atoms with Crippen LogP contribution in [0.4, 0.5) is 0 Å². The van der Waals surface area contributed by atoms with Gasteiger partial charge < -0.3 is 5.11 Å². The second kappa shape index (κ2) is 4.77. The van der Waals surface area contributed by atoms with Crippen LogP contribution >= 0.6 is 0 Å². The summed E-state index contributed by atoms with van der Waals surface area (Å²) in [5, 5.41) is 14.5. The van der Waals surface area contributed by atoms with Crippen molar-refractivity contribution in [2.75, 3.05) is 0 Å². The zero-order valence-electron chi connectivity index (χ0n) is 11.1. The van der Waals surface area contributed by atoms with E-state index in [9.17, 15) is 5.11 Å². The molecule has 4 nitrogen and oxygen atoms in total. The zero-order valence-corrected chi connectivity index (χ0v) is 11.1. The molecule has 1 fully saturated rings. The van der Waals surface area contributed by atoms with Gasteiger partial charge in [0.25, 0.3) is 0 Å². The summed E-state index contributed by atoms with van der Waals surface area (Å²) in [5.41, 5.74) is 0.246. The molecule has 96 valence electrons. The zero-order chi connectivity index (χ0) is 12.5. The third-order valence-electron chi connectivity index (χ3n) is 4.25. The van der Waals surface area contributed by atoms with E-state index in [4.69, 9.17) is 0 Å². The van der Waals surface area contributed by atoms with Crippen LogP contribution in [0.25, 0.3) is 0 Å². The third kappa shape index (κ3) is 2.68. The smallest absolute Gasteiger partial charge is 0.138 e. The standard InChI is InChI=1S/C13H23N3O/c1-13(2)7-5-4-6-10(13)11(17)8-12-14-9-15-16(12)3/h9-11,17H,4-8H2,1-3H3. The molecule has 0 radical (unpaired) electrons. The average Bonchev–Trinajstić information content (AvgIpc) is 2.63. The maximum atomic E-state index is 10.4.